The monoisotopic (exact) mass is 291 g/mol. The minimum Gasteiger partial charge on any atom is -0.465 e. The number of nitrogens with two attached hydrogens (primary N) is 1. The predicted octanol–water partition coefficient (Wildman–Crippen LogP) is 0.297. The number of rotatable bonds is 3. The molecule has 7 nitrogen and oxygen atoms in total. The van der Waals surface area contributed by atoms with Gasteiger partial charge in [-0.15, -0.1) is 0 Å². The number of amides is 2. The molecule has 0 saturated carbocycles. The Labute approximate surface area is 122 Å². The van der Waals surface area contributed by atoms with E-state index in [0.29, 0.717) is 23.4 Å². The first-order valence-corrected chi connectivity index (χ1v) is 6.56. The van der Waals surface area contributed by atoms with Gasteiger partial charge >= 0.3 is 5.97 Å². The highest BCUT2D eigenvalue weighted by molar-refractivity contribution is 6.05. The van der Waals surface area contributed by atoms with Crippen molar-refractivity contribution in [3.05, 3.63) is 23.8 Å². The quantitative estimate of drug-likeness (QED) is 0.472. The highest BCUT2D eigenvalue weighted by Gasteiger charge is 2.33. The second-order valence-electron chi connectivity index (χ2n) is 4.73. The lowest BCUT2D eigenvalue weighted by Crippen LogP contribution is -2.58. The van der Waals surface area contributed by atoms with E-state index in [4.69, 9.17) is 5.73 Å². The van der Waals surface area contributed by atoms with Gasteiger partial charge in [0.2, 0.25) is 11.8 Å². The Bertz CT molecular complexity index is 600. The van der Waals surface area contributed by atoms with E-state index >= 15 is 0 Å². The van der Waals surface area contributed by atoms with Gasteiger partial charge in [-0.05, 0) is 24.6 Å². The van der Waals surface area contributed by atoms with Gasteiger partial charge in [-0.3, -0.25) is 14.9 Å². The number of carbonyl (C=O) groups excluding carboxylic acids is 3. The zero-order chi connectivity index (χ0) is 15.6. The molecule has 1 unspecified atom stereocenters. The zero-order valence-corrected chi connectivity index (χ0v) is 11.9. The summed E-state index contributed by atoms with van der Waals surface area (Å²) in [5, 5.41) is 2.30. The summed E-state index contributed by atoms with van der Waals surface area (Å²) in [5.41, 5.74) is 7.12. The van der Waals surface area contributed by atoms with Gasteiger partial charge in [0, 0.05) is 0 Å². The van der Waals surface area contributed by atoms with Crippen molar-refractivity contribution in [1.82, 2.24) is 5.32 Å². The molecule has 0 aliphatic carbocycles. The summed E-state index contributed by atoms with van der Waals surface area (Å²) in [6.07, 6.45) is 0.515. The van der Waals surface area contributed by atoms with Crippen LogP contribution in [0, 0.1) is 0 Å². The van der Waals surface area contributed by atoms with Crippen LogP contribution in [-0.4, -0.2) is 37.5 Å². The Balaban J connectivity index is 2.45. The molecule has 1 saturated heterocycles. The highest BCUT2D eigenvalue weighted by Crippen LogP contribution is 2.28. The Hall–Kier alpha value is -2.57. The third-order valence-electron chi connectivity index (χ3n) is 3.40. The predicted molar refractivity (Wildman–Crippen MR) is 76.8 cm³/mol. The molecule has 2 rings (SSSR count). The van der Waals surface area contributed by atoms with Gasteiger partial charge in [0.15, 0.2) is 0 Å². The molecular formula is C14H17N3O4. The lowest BCUT2D eigenvalue weighted by molar-refractivity contribution is -0.132. The van der Waals surface area contributed by atoms with Gasteiger partial charge in [0.05, 0.1) is 30.6 Å². The number of esters is 1. The van der Waals surface area contributed by atoms with Crippen molar-refractivity contribution in [1.29, 1.82) is 0 Å². The molecule has 2 amide bonds. The molecule has 1 aliphatic heterocycles. The molecule has 0 bridgehead atoms. The first kappa shape index (κ1) is 14.8. The topological polar surface area (TPSA) is 102 Å². The van der Waals surface area contributed by atoms with E-state index < -0.39 is 17.9 Å². The molecule has 21 heavy (non-hydrogen) atoms. The Kier molecular flexibility index (Phi) is 4.11. The first-order valence-electron chi connectivity index (χ1n) is 6.56. The molecule has 3 N–H and O–H groups in total. The Morgan fingerprint density at radius 3 is 2.81 bits per heavy atom. The van der Waals surface area contributed by atoms with E-state index in [1.807, 2.05) is 6.92 Å². The fourth-order valence-electron chi connectivity index (χ4n) is 2.36. The van der Waals surface area contributed by atoms with E-state index in [-0.39, 0.29) is 12.5 Å². The van der Waals surface area contributed by atoms with E-state index in [0.717, 1.165) is 0 Å². The number of carbonyl (C=O) groups is 3. The Morgan fingerprint density at radius 2 is 2.19 bits per heavy atom. The fraction of sp³-hybridized carbons (Fsp3) is 0.357. The zero-order valence-electron chi connectivity index (χ0n) is 11.9. The molecule has 1 aromatic rings. The standard InChI is InChI=1S/C14H17N3O4/c1-3-10-13(19)16-12(18)7-17(10)11-6-8(14(20)21-2)4-5-9(11)15/h4-6,10H,3,7,15H2,1-2H3,(H,16,18,19). The summed E-state index contributed by atoms with van der Waals surface area (Å²) >= 11 is 0. The lowest BCUT2D eigenvalue weighted by Gasteiger charge is -2.36. The number of ether oxygens (including phenoxy) is 1. The average molecular weight is 291 g/mol. The number of nitrogens with one attached hydrogen (secondary N) is 1. The van der Waals surface area contributed by atoms with Crippen LogP contribution in [0.25, 0.3) is 0 Å². The summed E-state index contributed by atoms with van der Waals surface area (Å²) in [7, 11) is 1.28. The van der Waals surface area contributed by atoms with Gasteiger partial charge in [0.1, 0.15) is 6.04 Å². The summed E-state index contributed by atoms with van der Waals surface area (Å²) in [4.78, 5) is 36.7. The van der Waals surface area contributed by atoms with Crippen molar-refractivity contribution in [2.24, 2.45) is 0 Å². The van der Waals surface area contributed by atoms with Gasteiger partial charge in [-0.1, -0.05) is 6.92 Å². The summed E-state index contributed by atoms with van der Waals surface area (Å²) in [6, 6.07) is 4.14. The molecular weight excluding hydrogens is 274 g/mol. The van der Waals surface area contributed by atoms with Crippen LogP contribution in [0.1, 0.15) is 23.7 Å². The van der Waals surface area contributed by atoms with Gasteiger partial charge in [0.25, 0.3) is 0 Å². The van der Waals surface area contributed by atoms with Crippen molar-refractivity contribution in [2.45, 2.75) is 19.4 Å². The molecule has 0 aromatic heterocycles. The molecule has 1 fully saturated rings. The van der Waals surface area contributed by atoms with Crippen LogP contribution in [-0.2, 0) is 14.3 Å². The summed E-state index contributed by atoms with van der Waals surface area (Å²) in [5.74, 6) is -1.26. The first-order chi connectivity index (χ1) is 9.97. The smallest absolute Gasteiger partial charge is 0.337 e. The van der Waals surface area contributed by atoms with E-state index in [2.05, 4.69) is 10.1 Å². The molecule has 0 radical (unpaired) electrons. The number of nitrogen functional groups attached to an aromatic ring is 1. The third kappa shape index (κ3) is 2.81. The van der Waals surface area contributed by atoms with Gasteiger partial charge in [-0.25, -0.2) is 4.79 Å². The number of anilines is 2. The van der Waals surface area contributed by atoms with Crippen LogP contribution in [0.5, 0.6) is 0 Å². The molecule has 1 atom stereocenters. The molecule has 1 heterocycles. The van der Waals surface area contributed by atoms with E-state index in [9.17, 15) is 14.4 Å². The van der Waals surface area contributed by atoms with Crippen molar-refractivity contribution in [3.8, 4) is 0 Å². The summed E-state index contributed by atoms with van der Waals surface area (Å²) < 4.78 is 4.67. The normalized spacial score (nSPS) is 18.4. The second kappa shape index (κ2) is 5.82. The van der Waals surface area contributed by atoms with Crippen molar-refractivity contribution >= 4 is 29.2 Å². The number of benzene rings is 1. The van der Waals surface area contributed by atoms with Gasteiger partial charge in [-0.2, -0.15) is 0 Å². The lowest BCUT2D eigenvalue weighted by atomic mass is 10.1. The largest absolute Gasteiger partial charge is 0.465 e. The van der Waals surface area contributed by atoms with Crippen LogP contribution < -0.4 is 16.0 Å². The maximum atomic E-state index is 11.9. The van der Waals surface area contributed by atoms with Crippen molar-refractivity contribution < 1.29 is 19.1 Å². The van der Waals surface area contributed by atoms with Crippen LogP contribution >= 0.6 is 0 Å². The van der Waals surface area contributed by atoms with Crippen LogP contribution in [0.15, 0.2) is 18.2 Å². The average Bonchev–Trinajstić information content (AvgIpc) is 2.46. The van der Waals surface area contributed by atoms with Crippen LogP contribution in [0.3, 0.4) is 0 Å². The molecule has 1 aromatic carbocycles. The molecule has 7 heteroatoms. The Morgan fingerprint density at radius 1 is 1.48 bits per heavy atom. The maximum Gasteiger partial charge on any atom is 0.337 e. The number of methoxy groups -OCH3 is 1. The highest BCUT2D eigenvalue weighted by atomic mass is 16.5. The number of piperazine rings is 1. The molecule has 112 valence electrons. The number of imide groups is 1. The van der Waals surface area contributed by atoms with Crippen LogP contribution in [0.2, 0.25) is 0 Å². The van der Waals surface area contributed by atoms with Crippen molar-refractivity contribution in [3.63, 3.8) is 0 Å². The number of nitrogens with zero attached hydrogens (tertiary/aromatic N) is 1. The van der Waals surface area contributed by atoms with Crippen LogP contribution in [0.4, 0.5) is 11.4 Å². The number of hydrogen-bond donors (Lipinski definition) is 2. The van der Waals surface area contributed by atoms with Gasteiger partial charge < -0.3 is 15.4 Å². The summed E-state index contributed by atoms with van der Waals surface area (Å²) in [6.45, 7) is 1.85. The maximum absolute atomic E-state index is 11.9. The third-order valence-corrected chi connectivity index (χ3v) is 3.40. The molecule has 1 aliphatic rings. The van der Waals surface area contributed by atoms with E-state index in [1.54, 1.807) is 11.0 Å². The van der Waals surface area contributed by atoms with E-state index in [1.165, 1.54) is 19.2 Å². The fourth-order valence-corrected chi connectivity index (χ4v) is 2.36. The van der Waals surface area contributed by atoms with Crippen molar-refractivity contribution in [2.75, 3.05) is 24.3 Å². The minimum absolute atomic E-state index is 0.0130. The second-order valence-corrected chi connectivity index (χ2v) is 4.73. The SMILES string of the molecule is CCC1C(=O)NC(=O)CN1c1cc(C(=O)OC)ccc1N. The minimum atomic E-state index is -0.503. The molecule has 0 spiro atoms. The number of hydrogen-bond acceptors (Lipinski definition) is 6.